The normalized spacial score (nSPS) is 10.8. The van der Waals surface area contributed by atoms with Crippen LogP contribution in [0.25, 0.3) is 0 Å². The van der Waals surface area contributed by atoms with Crippen molar-refractivity contribution in [3.63, 3.8) is 0 Å². The van der Waals surface area contributed by atoms with Crippen molar-refractivity contribution in [3.8, 4) is 0 Å². The molecule has 14 heavy (non-hydrogen) atoms. The van der Waals surface area contributed by atoms with Crippen molar-refractivity contribution >= 4 is 33.1 Å². The first-order chi connectivity index (χ1) is 6.58. The number of amidine groups is 1. The Labute approximate surface area is 96.5 Å². The van der Waals surface area contributed by atoms with Gasteiger partial charge < -0.3 is 10.6 Å². The van der Waals surface area contributed by atoms with E-state index in [-0.39, 0.29) is 5.84 Å². The summed E-state index contributed by atoms with van der Waals surface area (Å²) in [5.74, 6) is 0.254. The predicted molar refractivity (Wildman–Crippen MR) is 64.9 cm³/mol. The van der Waals surface area contributed by atoms with Gasteiger partial charge in [-0.1, -0.05) is 0 Å². The second-order valence-electron chi connectivity index (χ2n) is 3.24. The van der Waals surface area contributed by atoms with Gasteiger partial charge in [0.15, 0.2) is 0 Å². The number of rotatable bonds is 5. The molecule has 0 fully saturated rings. The molecule has 0 spiro atoms. The molecule has 0 bridgehead atoms. The topological polar surface area (TPSA) is 53.1 Å². The largest absolute Gasteiger partial charge is 0.388 e. The van der Waals surface area contributed by atoms with E-state index in [0.29, 0.717) is 6.42 Å². The van der Waals surface area contributed by atoms with Gasteiger partial charge in [-0.3, -0.25) is 5.41 Å². The Morgan fingerprint density at radius 1 is 1.71 bits per heavy atom. The Hall–Kier alpha value is -0.390. The molecule has 3 nitrogen and oxygen atoms in total. The van der Waals surface area contributed by atoms with E-state index in [1.54, 1.807) is 11.3 Å². The summed E-state index contributed by atoms with van der Waals surface area (Å²) in [7, 11) is 2.04. The fourth-order valence-corrected chi connectivity index (χ4v) is 2.62. The van der Waals surface area contributed by atoms with Crippen molar-refractivity contribution in [3.05, 3.63) is 20.8 Å². The lowest BCUT2D eigenvalue weighted by molar-refractivity contribution is 0.339. The molecule has 0 atom stereocenters. The molecule has 0 aromatic carbocycles. The Morgan fingerprint density at radius 2 is 2.43 bits per heavy atom. The highest BCUT2D eigenvalue weighted by molar-refractivity contribution is 9.10. The summed E-state index contributed by atoms with van der Waals surface area (Å²) >= 11 is 5.16. The third-order valence-electron chi connectivity index (χ3n) is 1.81. The van der Waals surface area contributed by atoms with E-state index in [2.05, 4.69) is 32.3 Å². The van der Waals surface area contributed by atoms with Gasteiger partial charge in [0.2, 0.25) is 0 Å². The third kappa shape index (κ3) is 4.21. The van der Waals surface area contributed by atoms with Crippen LogP contribution in [0.4, 0.5) is 0 Å². The number of nitrogens with two attached hydrogens (primary N) is 1. The smallest absolute Gasteiger partial charge is 0.0918 e. The molecule has 3 N–H and O–H groups in total. The molecule has 1 rings (SSSR count). The fourth-order valence-electron chi connectivity index (χ4n) is 1.09. The molecule has 78 valence electrons. The zero-order valence-electron chi connectivity index (χ0n) is 8.09. The number of halogens is 1. The zero-order valence-corrected chi connectivity index (χ0v) is 10.5. The lowest BCUT2D eigenvalue weighted by atomic mass is 10.3. The summed E-state index contributed by atoms with van der Waals surface area (Å²) in [5.41, 5.74) is 5.29. The van der Waals surface area contributed by atoms with E-state index in [4.69, 9.17) is 11.1 Å². The molecule has 0 aliphatic rings. The van der Waals surface area contributed by atoms with Gasteiger partial charge in [0.25, 0.3) is 0 Å². The number of nitrogens with zero attached hydrogens (tertiary/aromatic N) is 1. The van der Waals surface area contributed by atoms with Gasteiger partial charge in [-0.05, 0) is 29.0 Å². The molecular weight excluding hydrogens is 262 g/mol. The van der Waals surface area contributed by atoms with Crippen molar-refractivity contribution in [2.24, 2.45) is 5.73 Å². The van der Waals surface area contributed by atoms with Crippen LogP contribution < -0.4 is 5.73 Å². The molecular formula is C9H14BrN3S. The average Bonchev–Trinajstić information content (AvgIpc) is 2.48. The summed E-state index contributed by atoms with van der Waals surface area (Å²) in [6.45, 7) is 1.76. The molecule has 0 radical (unpaired) electrons. The maximum absolute atomic E-state index is 7.12. The standard InChI is InChI=1S/C9H14BrN3S/c1-13(3-2-9(11)12)5-8-4-7(10)6-14-8/h4,6H,2-3,5H2,1H3,(H3,11,12). The summed E-state index contributed by atoms with van der Waals surface area (Å²) in [4.78, 5) is 3.49. The molecule has 1 heterocycles. The highest BCUT2D eigenvalue weighted by Gasteiger charge is 2.03. The van der Waals surface area contributed by atoms with Crippen molar-refractivity contribution in [2.75, 3.05) is 13.6 Å². The minimum Gasteiger partial charge on any atom is -0.388 e. The Morgan fingerprint density at radius 3 is 2.93 bits per heavy atom. The van der Waals surface area contributed by atoms with E-state index in [9.17, 15) is 0 Å². The highest BCUT2D eigenvalue weighted by Crippen LogP contribution is 2.20. The van der Waals surface area contributed by atoms with Gasteiger partial charge in [0, 0.05) is 34.2 Å². The Balaban J connectivity index is 2.33. The van der Waals surface area contributed by atoms with Gasteiger partial charge in [0.05, 0.1) is 5.84 Å². The lowest BCUT2D eigenvalue weighted by Crippen LogP contribution is -2.23. The van der Waals surface area contributed by atoms with E-state index in [1.807, 2.05) is 7.05 Å². The molecule has 1 aromatic rings. The average molecular weight is 276 g/mol. The van der Waals surface area contributed by atoms with Crippen LogP contribution in [0.15, 0.2) is 15.9 Å². The van der Waals surface area contributed by atoms with Crippen molar-refractivity contribution in [1.29, 1.82) is 5.41 Å². The van der Waals surface area contributed by atoms with Gasteiger partial charge in [-0.25, -0.2) is 0 Å². The highest BCUT2D eigenvalue weighted by atomic mass is 79.9. The quantitative estimate of drug-likeness (QED) is 0.640. The maximum atomic E-state index is 7.12. The van der Waals surface area contributed by atoms with Crippen LogP contribution in [0.1, 0.15) is 11.3 Å². The molecule has 0 saturated carbocycles. The van der Waals surface area contributed by atoms with Crippen molar-refractivity contribution in [2.45, 2.75) is 13.0 Å². The summed E-state index contributed by atoms with van der Waals surface area (Å²) in [6.07, 6.45) is 0.642. The first-order valence-electron chi connectivity index (χ1n) is 4.32. The number of nitrogens with one attached hydrogen (secondary N) is 1. The van der Waals surface area contributed by atoms with Crippen molar-refractivity contribution < 1.29 is 0 Å². The number of hydrogen-bond donors (Lipinski definition) is 2. The lowest BCUT2D eigenvalue weighted by Gasteiger charge is -2.14. The van der Waals surface area contributed by atoms with Crippen molar-refractivity contribution in [1.82, 2.24) is 4.90 Å². The molecule has 0 amide bonds. The fraction of sp³-hybridized carbons (Fsp3) is 0.444. The van der Waals surface area contributed by atoms with Crippen LogP contribution in [0.5, 0.6) is 0 Å². The van der Waals surface area contributed by atoms with Crippen LogP contribution in [-0.2, 0) is 6.54 Å². The minimum atomic E-state index is 0.254. The molecule has 0 aliphatic carbocycles. The monoisotopic (exact) mass is 275 g/mol. The predicted octanol–water partition coefficient (Wildman–Crippen LogP) is 2.27. The molecule has 0 aliphatic heterocycles. The van der Waals surface area contributed by atoms with Gasteiger partial charge in [-0.2, -0.15) is 0 Å². The summed E-state index contributed by atoms with van der Waals surface area (Å²) in [5, 5.41) is 9.20. The molecule has 0 unspecified atom stereocenters. The van der Waals surface area contributed by atoms with E-state index in [1.165, 1.54) is 4.88 Å². The SMILES string of the molecule is CN(CCC(=N)N)Cc1cc(Br)cs1. The number of hydrogen-bond acceptors (Lipinski definition) is 3. The van der Waals surface area contributed by atoms with Crippen LogP contribution in [-0.4, -0.2) is 24.3 Å². The first kappa shape index (κ1) is 11.7. The van der Waals surface area contributed by atoms with E-state index < -0.39 is 0 Å². The third-order valence-corrected chi connectivity index (χ3v) is 3.49. The molecule has 1 aromatic heterocycles. The van der Waals surface area contributed by atoms with Crippen LogP contribution in [0, 0.1) is 5.41 Å². The minimum absolute atomic E-state index is 0.254. The first-order valence-corrected chi connectivity index (χ1v) is 5.99. The van der Waals surface area contributed by atoms with Crippen LogP contribution in [0.2, 0.25) is 0 Å². The van der Waals surface area contributed by atoms with E-state index in [0.717, 1.165) is 17.6 Å². The van der Waals surface area contributed by atoms with Crippen LogP contribution >= 0.6 is 27.3 Å². The van der Waals surface area contributed by atoms with Gasteiger partial charge in [0.1, 0.15) is 0 Å². The summed E-state index contributed by atoms with van der Waals surface area (Å²) < 4.78 is 1.14. The van der Waals surface area contributed by atoms with Gasteiger partial charge >= 0.3 is 0 Å². The second kappa shape index (κ2) is 5.48. The Bertz CT molecular complexity index is 311. The van der Waals surface area contributed by atoms with Gasteiger partial charge in [-0.15, -0.1) is 11.3 Å². The zero-order chi connectivity index (χ0) is 10.6. The Kier molecular flexibility index (Phi) is 4.57. The molecule has 0 saturated heterocycles. The molecule has 5 heteroatoms. The van der Waals surface area contributed by atoms with E-state index >= 15 is 0 Å². The maximum Gasteiger partial charge on any atom is 0.0918 e. The summed E-state index contributed by atoms with van der Waals surface area (Å²) in [6, 6.07) is 2.12. The number of thiophene rings is 1. The van der Waals surface area contributed by atoms with Crippen LogP contribution in [0.3, 0.4) is 0 Å². The second-order valence-corrected chi connectivity index (χ2v) is 5.16.